The molecule has 1 aliphatic rings. The van der Waals surface area contributed by atoms with Gasteiger partial charge >= 0.3 is 0 Å². The van der Waals surface area contributed by atoms with E-state index in [9.17, 15) is 0 Å². The summed E-state index contributed by atoms with van der Waals surface area (Å²) in [5, 5.41) is 3.55. The molecule has 0 radical (unpaired) electrons. The first-order valence-electron chi connectivity index (χ1n) is 6.21. The maximum atomic E-state index is 5.45. The lowest BCUT2D eigenvalue weighted by Gasteiger charge is -2.22. The Morgan fingerprint density at radius 1 is 1.33 bits per heavy atom. The summed E-state index contributed by atoms with van der Waals surface area (Å²) in [6, 6.07) is 0. The summed E-state index contributed by atoms with van der Waals surface area (Å²) in [7, 11) is 0. The molecule has 0 amide bonds. The van der Waals surface area contributed by atoms with Gasteiger partial charge in [0.25, 0.3) is 0 Å². The van der Waals surface area contributed by atoms with E-state index in [4.69, 9.17) is 4.74 Å². The molecule has 1 rings (SSSR count). The van der Waals surface area contributed by atoms with Crippen LogP contribution in [0.5, 0.6) is 0 Å². The van der Waals surface area contributed by atoms with Crippen molar-refractivity contribution in [2.24, 2.45) is 5.92 Å². The molecule has 2 nitrogen and oxygen atoms in total. The predicted molar refractivity (Wildman–Crippen MR) is 68.6 cm³/mol. The smallest absolute Gasteiger partial charge is 0.0506 e. The monoisotopic (exact) mass is 231 g/mol. The van der Waals surface area contributed by atoms with Crippen molar-refractivity contribution < 1.29 is 4.74 Å². The molecule has 0 spiro atoms. The third-order valence-electron chi connectivity index (χ3n) is 2.89. The molecule has 0 aromatic carbocycles. The highest BCUT2D eigenvalue weighted by atomic mass is 32.2. The third kappa shape index (κ3) is 7.20. The Morgan fingerprint density at radius 2 is 2.27 bits per heavy atom. The minimum atomic E-state index is 0.768. The predicted octanol–water partition coefficient (Wildman–Crippen LogP) is 2.54. The van der Waals surface area contributed by atoms with Crippen LogP contribution >= 0.6 is 11.8 Å². The van der Waals surface area contributed by atoms with Crippen molar-refractivity contribution in [3.63, 3.8) is 0 Å². The van der Waals surface area contributed by atoms with Crippen LogP contribution in [0, 0.1) is 5.92 Å². The number of nitrogens with one attached hydrogen (secondary N) is 1. The zero-order chi connectivity index (χ0) is 10.8. The lowest BCUT2D eigenvalue weighted by molar-refractivity contribution is 0.0549. The van der Waals surface area contributed by atoms with Gasteiger partial charge in [-0.25, -0.2) is 0 Å². The second-order valence-corrected chi connectivity index (χ2v) is 5.33. The number of ether oxygens (including phenoxy) is 1. The molecule has 0 aromatic rings. The van der Waals surface area contributed by atoms with E-state index in [1.165, 1.54) is 44.4 Å². The molecule has 1 atom stereocenters. The largest absolute Gasteiger partial charge is 0.381 e. The van der Waals surface area contributed by atoms with E-state index in [1.807, 2.05) is 11.8 Å². The van der Waals surface area contributed by atoms with Gasteiger partial charge in [-0.05, 0) is 50.2 Å². The Balaban J connectivity index is 1.79. The molecule has 3 heteroatoms. The molecule has 1 fully saturated rings. The van der Waals surface area contributed by atoms with E-state index >= 15 is 0 Å². The van der Waals surface area contributed by atoms with Crippen LogP contribution < -0.4 is 5.32 Å². The van der Waals surface area contributed by atoms with Crippen molar-refractivity contribution in [2.75, 3.05) is 38.3 Å². The van der Waals surface area contributed by atoms with Gasteiger partial charge in [0.2, 0.25) is 0 Å². The van der Waals surface area contributed by atoms with Crippen LogP contribution in [0.25, 0.3) is 0 Å². The summed E-state index contributed by atoms with van der Waals surface area (Å²) in [6.45, 7) is 4.29. The first-order valence-corrected chi connectivity index (χ1v) is 7.60. The second kappa shape index (κ2) is 9.49. The fraction of sp³-hybridized carbons (Fsp3) is 1.00. The van der Waals surface area contributed by atoms with Gasteiger partial charge in [-0.3, -0.25) is 0 Å². The SMILES string of the molecule is CSCCCCCNCC1CCCOC1. The summed E-state index contributed by atoms with van der Waals surface area (Å²) in [6.07, 6.45) is 8.85. The van der Waals surface area contributed by atoms with E-state index in [-0.39, 0.29) is 0 Å². The van der Waals surface area contributed by atoms with Gasteiger partial charge in [0, 0.05) is 13.2 Å². The van der Waals surface area contributed by atoms with Crippen LogP contribution in [0.1, 0.15) is 32.1 Å². The van der Waals surface area contributed by atoms with Gasteiger partial charge in [-0.1, -0.05) is 6.42 Å². The van der Waals surface area contributed by atoms with Gasteiger partial charge in [0.15, 0.2) is 0 Å². The number of hydrogen-bond donors (Lipinski definition) is 1. The van der Waals surface area contributed by atoms with E-state index in [2.05, 4.69) is 11.6 Å². The molecular weight excluding hydrogens is 206 g/mol. The van der Waals surface area contributed by atoms with Crippen molar-refractivity contribution in [3.05, 3.63) is 0 Å². The summed E-state index contributed by atoms with van der Waals surface area (Å²) >= 11 is 1.95. The Kier molecular flexibility index (Phi) is 8.44. The molecule has 15 heavy (non-hydrogen) atoms. The Hall–Kier alpha value is 0.270. The van der Waals surface area contributed by atoms with Crippen molar-refractivity contribution >= 4 is 11.8 Å². The number of unbranched alkanes of at least 4 members (excludes halogenated alkanes) is 2. The molecule has 1 saturated heterocycles. The van der Waals surface area contributed by atoms with Crippen LogP contribution in [0.2, 0.25) is 0 Å². The topological polar surface area (TPSA) is 21.3 Å². The fourth-order valence-corrected chi connectivity index (χ4v) is 2.44. The van der Waals surface area contributed by atoms with E-state index in [0.29, 0.717) is 0 Å². The summed E-state index contributed by atoms with van der Waals surface area (Å²) in [5.74, 6) is 2.08. The standard InChI is InChI=1S/C12H25NOS/c1-15-9-4-2-3-7-13-10-12-6-5-8-14-11-12/h12-13H,2-11H2,1H3. The molecule has 1 unspecified atom stereocenters. The lowest BCUT2D eigenvalue weighted by Crippen LogP contribution is -2.29. The van der Waals surface area contributed by atoms with Crippen LogP contribution in [0.15, 0.2) is 0 Å². The van der Waals surface area contributed by atoms with Crippen molar-refractivity contribution in [1.29, 1.82) is 0 Å². The molecule has 1 heterocycles. The van der Waals surface area contributed by atoms with Crippen LogP contribution in [-0.2, 0) is 4.74 Å². The van der Waals surface area contributed by atoms with Crippen molar-refractivity contribution in [3.8, 4) is 0 Å². The second-order valence-electron chi connectivity index (χ2n) is 4.34. The highest BCUT2D eigenvalue weighted by molar-refractivity contribution is 7.98. The quantitative estimate of drug-likeness (QED) is 0.649. The molecule has 0 saturated carbocycles. The highest BCUT2D eigenvalue weighted by Crippen LogP contribution is 2.12. The van der Waals surface area contributed by atoms with Gasteiger partial charge in [-0.2, -0.15) is 11.8 Å². The normalized spacial score (nSPS) is 21.8. The summed E-state index contributed by atoms with van der Waals surface area (Å²) < 4.78 is 5.45. The molecule has 0 bridgehead atoms. The van der Waals surface area contributed by atoms with Crippen molar-refractivity contribution in [1.82, 2.24) is 5.32 Å². The summed E-state index contributed by atoms with van der Waals surface area (Å²) in [5.41, 5.74) is 0. The minimum Gasteiger partial charge on any atom is -0.381 e. The summed E-state index contributed by atoms with van der Waals surface area (Å²) in [4.78, 5) is 0. The van der Waals surface area contributed by atoms with Crippen LogP contribution in [0.4, 0.5) is 0 Å². The zero-order valence-corrected chi connectivity index (χ0v) is 10.8. The lowest BCUT2D eigenvalue weighted by atomic mass is 10.0. The first kappa shape index (κ1) is 13.3. The average Bonchev–Trinajstić information content (AvgIpc) is 2.29. The molecule has 0 aromatic heterocycles. The van der Waals surface area contributed by atoms with Crippen LogP contribution in [-0.4, -0.2) is 38.3 Å². The van der Waals surface area contributed by atoms with Gasteiger partial charge < -0.3 is 10.1 Å². The first-order chi connectivity index (χ1) is 7.43. The van der Waals surface area contributed by atoms with Gasteiger partial charge in [-0.15, -0.1) is 0 Å². The fourth-order valence-electron chi connectivity index (χ4n) is 1.95. The van der Waals surface area contributed by atoms with Gasteiger partial charge in [0.1, 0.15) is 0 Å². The number of thioether (sulfide) groups is 1. The number of rotatable bonds is 8. The van der Waals surface area contributed by atoms with Crippen LogP contribution in [0.3, 0.4) is 0 Å². The third-order valence-corrected chi connectivity index (χ3v) is 3.59. The van der Waals surface area contributed by atoms with E-state index in [0.717, 1.165) is 25.7 Å². The van der Waals surface area contributed by atoms with E-state index in [1.54, 1.807) is 0 Å². The Morgan fingerprint density at radius 3 is 3.00 bits per heavy atom. The minimum absolute atomic E-state index is 0.768. The zero-order valence-electron chi connectivity index (χ0n) is 9.96. The molecule has 1 aliphatic heterocycles. The van der Waals surface area contributed by atoms with Crippen molar-refractivity contribution in [2.45, 2.75) is 32.1 Å². The highest BCUT2D eigenvalue weighted by Gasteiger charge is 2.12. The number of hydrogen-bond acceptors (Lipinski definition) is 3. The average molecular weight is 231 g/mol. The van der Waals surface area contributed by atoms with E-state index < -0.39 is 0 Å². The molecular formula is C12H25NOS. The molecule has 90 valence electrons. The Bertz CT molecular complexity index is 138. The maximum Gasteiger partial charge on any atom is 0.0506 e. The Labute approximate surface area is 98.5 Å². The molecule has 0 aliphatic carbocycles. The maximum absolute atomic E-state index is 5.45. The van der Waals surface area contributed by atoms with Gasteiger partial charge in [0.05, 0.1) is 6.61 Å². The molecule has 1 N–H and O–H groups in total.